The smallest absolute Gasteiger partial charge is 0.290 e. The normalized spacial score (nSPS) is 27.4. The van der Waals surface area contributed by atoms with Crippen LogP contribution in [0, 0.1) is 6.92 Å². The van der Waals surface area contributed by atoms with Crippen LogP contribution in [0.2, 0.25) is 0 Å². The summed E-state index contributed by atoms with van der Waals surface area (Å²) in [5.74, 6) is 0.554. The molecule has 3 heterocycles. The molecule has 144 valence electrons. The highest BCUT2D eigenvalue weighted by Gasteiger charge is 2.49. The molecule has 9 nitrogen and oxygen atoms in total. The van der Waals surface area contributed by atoms with Gasteiger partial charge in [-0.1, -0.05) is 0 Å². The van der Waals surface area contributed by atoms with Crippen molar-refractivity contribution < 1.29 is 29.6 Å². The van der Waals surface area contributed by atoms with Gasteiger partial charge in [0.2, 0.25) is 0 Å². The number of aromatic nitrogens is 2. The Kier molecular flexibility index (Phi) is 6.27. The molecule has 3 rings (SSSR count). The maximum atomic E-state index is 12.5. The fourth-order valence-electron chi connectivity index (χ4n) is 3.38. The van der Waals surface area contributed by atoms with Gasteiger partial charge in [0, 0.05) is 31.9 Å². The number of carboxylic acid groups (broad SMARTS) is 1. The zero-order valence-electron chi connectivity index (χ0n) is 15.0. The number of ether oxygens (including phenoxy) is 1. The quantitative estimate of drug-likeness (QED) is 0.591. The van der Waals surface area contributed by atoms with Crippen LogP contribution >= 0.6 is 0 Å². The van der Waals surface area contributed by atoms with E-state index >= 15 is 0 Å². The zero-order valence-corrected chi connectivity index (χ0v) is 15.0. The number of hydrogen-bond donors (Lipinski definition) is 3. The van der Waals surface area contributed by atoms with E-state index in [1.54, 1.807) is 31.1 Å². The van der Waals surface area contributed by atoms with Gasteiger partial charge < -0.3 is 25.0 Å². The Labute approximate surface area is 151 Å². The van der Waals surface area contributed by atoms with E-state index in [9.17, 15) is 15.0 Å². The van der Waals surface area contributed by atoms with Gasteiger partial charge in [-0.3, -0.25) is 9.59 Å². The average molecular weight is 367 g/mol. The summed E-state index contributed by atoms with van der Waals surface area (Å²) in [6, 6.07) is 0. The second kappa shape index (κ2) is 8.07. The van der Waals surface area contributed by atoms with Crippen LogP contribution in [0.15, 0.2) is 12.4 Å². The summed E-state index contributed by atoms with van der Waals surface area (Å²) in [5.41, 5.74) is -1.11. The largest absolute Gasteiger partial charge is 0.483 e. The fraction of sp³-hybridized carbons (Fsp3) is 0.647. The van der Waals surface area contributed by atoms with Crippen LogP contribution in [-0.2, 0) is 9.53 Å². The molecule has 26 heavy (non-hydrogen) atoms. The summed E-state index contributed by atoms with van der Waals surface area (Å²) in [7, 11) is 0. The number of aliphatic hydroxyl groups excluding tert-OH is 1. The van der Waals surface area contributed by atoms with E-state index < -0.39 is 17.3 Å². The molecule has 3 N–H and O–H groups in total. The van der Waals surface area contributed by atoms with E-state index in [-0.39, 0.29) is 19.0 Å². The number of aliphatic hydroxyl groups is 2. The summed E-state index contributed by atoms with van der Waals surface area (Å²) in [5, 5.41) is 27.0. The van der Waals surface area contributed by atoms with Gasteiger partial charge >= 0.3 is 0 Å². The maximum absolute atomic E-state index is 12.5. The molecule has 2 fully saturated rings. The molecule has 1 aromatic rings. The van der Waals surface area contributed by atoms with Crippen LogP contribution in [0.3, 0.4) is 0 Å². The topological polar surface area (TPSA) is 133 Å². The SMILES string of the molecule is Cc1ncc(C(=O)N2CCC3(CC2)C[C@](C)(O)[C@@H](O)CO3)cn1.O=CO. The highest BCUT2D eigenvalue weighted by molar-refractivity contribution is 5.93. The van der Waals surface area contributed by atoms with E-state index in [2.05, 4.69) is 9.97 Å². The van der Waals surface area contributed by atoms with Crippen molar-refractivity contribution >= 4 is 12.4 Å². The predicted molar refractivity (Wildman–Crippen MR) is 90.5 cm³/mol. The molecule has 2 atom stereocenters. The van der Waals surface area contributed by atoms with Crippen molar-refractivity contribution in [3.63, 3.8) is 0 Å². The van der Waals surface area contributed by atoms with Gasteiger partial charge in [0.05, 0.1) is 23.4 Å². The number of piperidine rings is 1. The van der Waals surface area contributed by atoms with Crippen molar-refractivity contribution in [1.29, 1.82) is 0 Å². The molecule has 2 aliphatic rings. The molecule has 0 aromatic carbocycles. The number of likely N-dealkylation sites (tertiary alicyclic amines) is 1. The van der Waals surface area contributed by atoms with Gasteiger partial charge in [-0.2, -0.15) is 0 Å². The number of hydrogen-bond acceptors (Lipinski definition) is 7. The van der Waals surface area contributed by atoms with Gasteiger partial charge in [0.15, 0.2) is 0 Å². The van der Waals surface area contributed by atoms with E-state index in [1.165, 1.54) is 0 Å². The number of nitrogens with zero attached hydrogens (tertiary/aromatic N) is 3. The number of amides is 1. The first-order chi connectivity index (χ1) is 12.2. The summed E-state index contributed by atoms with van der Waals surface area (Å²) in [6.45, 7) is 4.41. The van der Waals surface area contributed by atoms with Crippen molar-refractivity contribution in [3.8, 4) is 0 Å². The molecular formula is C17H25N3O6. The first-order valence-electron chi connectivity index (χ1n) is 8.43. The molecule has 0 radical (unpaired) electrons. The Morgan fingerprint density at radius 3 is 2.38 bits per heavy atom. The molecular weight excluding hydrogens is 342 g/mol. The molecule has 0 aliphatic carbocycles. The summed E-state index contributed by atoms with van der Waals surface area (Å²) in [6.07, 6.45) is 3.91. The second-order valence-electron chi connectivity index (χ2n) is 6.96. The van der Waals surface area contributed by atoms with E-state index in [0.29, 0.717) is 43.7 Å². The van der Waals surface area contributed by atoms with Crippen LogP contribution in [0.25, 0.3) is 0 Å². The van der Waals surface area contributed by atoms with E-state index in [4.69, 9.17) is 14.6 Å². The molecule has 1 amide bonds. The Balaban J connectivity index is 0.000000758. The lowest BCUT2D eigenvalue weighted by molar-refractivity contribution is -0.221. The van der Waals surface area contributed by atoms with Crippen molar-refractivity contribution in [1.82, 2.24) is 14.9 Å². The highest BCUT2D eigenvalue weighted by Crippen LogP contribution is 2.39. The standard InChI is InChI=1S/C16H23N3O4.CH2O2/c1-11-17-7-12(8-18-11)14(21)19-5-3-16(4-6-19)10-15(2,22)13(20)9-23-16;2-1-3/h7-8,13,20,22H,3-6,9-10H2,1-2H3;1H,(H,2,3)/t13-,15-;/m0./s1. The van der Waals surface area contributed by atoms with Crippen LogP contribution in [0.5, 0.6) is 0 Å². The summed E-state index contributed by atoms with van der Waals surface area (Å²) in [4.78, 5) is 30.7. The molecule has 0 saturated carbocycles. The van der Waals surface area contributed by atoms with E-state index in [1.807, 2.05) is 0 Å². The van der Waals surface area contributed by atoms with Crippen LogP contribution < -0.4 is 0 Å². The minimum Gasteiger partial charge on any atom is -0.483 e. The van der Waals surface area contributed by atoms with Crippen molar-refractivity contribution in [2.75, 3.05) is 19.7 Å². The molecule has 1 spiro atoms. The van der Waals surface area contributed by atoms with Crippen molar-refractivity contribution in [2.45, 2.75) is 50.4 Å². The molecule has 1 aromatic heterocycles. The molecule has 9 heteroatoms. The third-order valence-corrected chi connectivity index (χ3v) is 4.94. The summed E-state index contributed by atoms with van der Waals surface area (Å²) >= 11 is 0. The maximum Gasteiger partial charge on any atom is 0.290 e. The Bertz CT molecular complexity index is 626. The monoisotopic (exact) mass is 367 g/mol. The Hall–Kier alpha value is -2.10. The van der Waals surface area contributed by atoms with Crippen LogP contribution in [-0.4, -0.2) is 79.6 Å². The first-order valence-corrected chi connectivity index (χ1v) is 8.43. The van der Waals surface area contributed by atoms with Gasteiger partial charge in [-0.05, 0) is 26.7 Å². The number of carbonyl (C=O) groups excluding carboxylic acids is 1. The van der Waals surface area contributed by atoms with Crippen LogP contribution in [0.1, 0.15) is 42.4 Å². The summed E-state index contributed by atoms with van der Waals surface area (Å²) < 4.78 is 5.83. The Morgan fingerprint density at radius 2 is 1.88 bits per heavy atom. The molecule has 2 saturated heterocycles. The lowest BCUT2D eigenvalue weighted by Crippen LogP contribution is -2.59. The van der Waals surface area contributed by atoms with Gasteiger partial charge in [0.1, 0.15) is 11.9 Å². The number of rotatable bonds is 1. The van der Waals surface area contributed by atoms with E-state index in [0.717, 1.165) is 0 Å². The number of aryl methyl sites for hydroxylation is 1. The first kappa shape index (κ1) is 20.2. The van der Waals surface area contributed by atoms with Crippen LogP contribution in [0.4, 0.5) is 0 Å². The molecule has 0 unspecified atom stereocenters. The Morgan fingerprint density at radius 1 is 1.35 bits per heavy atom. The third-order valence-electron chi connectivity index (χ3n) is 4.94. The second-order valence-corrected chi connectivity index (χ2v) is 6.96. The highest BCUT2D eigenvalue weighted by atomic mass is 16.5. The predicted octanol–water partition coefficient (Wildman–Crippen LogP) is -0.00718. The third kappa shape index (κ3) is 4.54. The minimum atomic E-state index is -1.14. The van der Waals surface area contributed by atoms with Gasteiger partial charge in [-0.25, -0.2) is 9.97 Å². The minimum absolute atomic E-state index is 0.0811. The zero-order chi connectivity index (χ0) is 19.4. The molecule has 0 bridgehead atoms. The van der Waals surface area contributed by atoms with Gasteiger partial charge in [-0.15, -0.1) is 0 Å². The molecule has 2 aliphatic heterocycles. The van der Waals surface area contributed by atoms with Crippen molar-refractivity contribution in [2.24, 2.45) is 0 Å². The lowest BCUT2D eigenvalue weighted by atomic mass is 9.76. The van der Waals surface area contributed by atoms with Crippen molar-refractivity contribution in [3.05, 3.63) is 23.8 Å². The number of carbonyl (C=O) groups is 2. The average Bonchev–Trinajstić information content (AvgIpc) is 2.60. The fourth-order valence-corrected chi connectivity index (χ4v) is 3.38. The van der Waals surface area contributed by atoms with Gasteiger partial charge in [0.25, 0.3) is 12.4 Å². The lowest BCUT2D eigenvalue weighted by Gasteiger charge is -2.49.